The summed E-state index contributed by atoms with van der Waals surface area (Å²) in [4.78, 5) is 2.71. The average molecular weight is 198 g/mol. The molecule has 0 spiro atoms. The number of nitrogens with one attached hydrogen (secondary N) is 1. The lowest BCUT2D eigenvalue weighted by molar-refractivity contribution is 0.236. The van der Waals surface area contributed by atoms with Crippen LogP contribution in [0.5, 0.6) is 0 Å². The van der Waals surface area contributed by atoms with E-state index in [4.69, 9.17) is 0 Å². The summed E-state index contributed by atoms with van der Waals surface area (Å²) in [7, 11) is 2.05. The molecular weight excluding hydrogens is 172 g/mol. The highest BCUT2D eigenvalue weighted by Gasteiger charge is 2.22. The van der Waals surface area contributed by atoms with Gasteiger partial charge in [-0.1, -0.05) is 13.3 Å². The Morgan fingerprint density at radius 3 is 2.93 bits per heavy atom. The second-order valence-corrected chi connectivity index (χ2v) is 4.43. The summed E-state index contributed by atoms with van der Waals surface area (Å²) in [5, 5.41) is 3.23. The van der Waals surface area contributed by atoms with E-state index >= 15 is 0 Å². The van der Waals surface area contributed by atoms with Gasteiger partial charge in [0.25, 0.3) is 0 Å². The van der Waals surface area contributed by atoms with Crippen LogP contribution < -0.4 is 5.32 Å². The summed E-state index contributed by atoms with van der Waals surface area (Å²) in [6.07, 6.45) is 8.30. The fraction of sp³-hybridized carbons (Fsp3) is 1.00. The Hall–Kier alpha value is -0.0800. The van der Waals surface area contributed by atoms with Crippen molar-refractivity contribution < 1.29 is 0 Å². The van der Waals surface area contributed by atoms with E-state index in [0.29, 0.717) is 0 Å². The summed E-state index contributed by atoms with van der Waals surface area (Å²) in [6.45, 7) is 6.15. The lowest BCUT2D eigenvalue weighted by Crippen LogP contribution is -2.30. The van der Waals surface area contributed by atoms with Crippen molar-refractivity contribution in [2.75, 3.05) is 26.7 Å². The first kappa shape index (κ1) is 12.0. The van der Waals surface area contributed by atoms with Gasteiger partial charge in [-0.15, -0.1) is 0 Å². The molecule has 1 heterocycles. The Labute approximate surface area is 89.1 Å². The second kappa shape index (κ2) is 7.24. The van der Waals surface area contributed by atoms with Crippen molar-refractivity contribution >= 4 is 0 Å². The molecule has 1 aliphatic heterocycles. The second-order valence-electron chi connectivity index (χ2n) is 4.43. The standard InChI is InChI=1S/C12H26N2/c1-3-4-10-14-11-6-8-12(14)7-5-9-13-2/h12-13H,3-11H2,1-2H3/t12-/m0/s1. The van der Waals surface area contributed by atoms with Gasteiger partial charge in [0, 0.05) is 6.04 Å². The van der Waals surface area contributed by atoms with Crippen molar-refractivity contribution in [2.24, 2.45) is 0 Å². The first-order valence-corrected chi connectivity index (χ1v) is 6.27. The topological polar surface area (TPSA) is 15.3 Å². The van der Waals surface area contributed by atoms with E-state index in [2.05, 4.69) is 17.1 Å². The van der Waals surface area contributed by atoms with Crippen molar-refractivity contribution in [3.05, 3.63) is 0 Å². The predicted molar refractivity (Wildman–Crippen MR) is 62.7 cm³/mol. The molecule has 1 saturated heterocycles. The monoisotopic (exact) mass is 198 g/mol. The maximum absolute atomic E-state index is 3.23. The molecule has 0 unspecified atom stereocenters. The Morgan fingerprint density at radius 2 is 2.21 bits per heavy atom. The first-order chi connectivity index (χ1) is 6.88. The van der Waals surface area contributed by atoms with Gasteiger partial charge in [0.1, 0.15) is 0 Å². The maximum Gasteiger partial charge on any atom is 0.00962 e. The number of nitrogens with zero attached hydrogens (tertiary/aromatic N) is 1. The minimum atomic E-state index is 0.898. The van der Waals surface area contributed by atoms with Crippen LogP contribution >= 0.6 is 0 Å². The van der Waals surface area contributed by atoms with Crippen LogP contribution in [0, 0.1) is 0 Å². The molecule has 0 aromatic rings. The molecule has 0 bridgehead atoms. The lowest BCUT2D eigenvalue weighted by atomic mass is 10.1. The zero-order chi connectivity index (χ0) is 10.2. The number of unbranched alkanes of at least 4 members (excludes halogenated alkanes) is 1. The molecule has 0 radical (unpaired) electrons. The van der Waals surface area contributed by atoms with Crippen LogP contribution in [0.2, 0.25) is 0 Å². The van der Waals surface area contributed by atoms with Crippen molar-refractivity contribution in [1.82, 2.24) is 10.2 Å². The molecule has 1 atom stereocenters. The molecule has 2 nitrogen and oxygen atoms in total. The van der Waals surface area contributed by atoms with Crippen LogP contribution in [-0.2, 0) is 0 Å². The van der Waals surface area contributed by atoms with Crippen molar-refractivity contribution in [2.45, 2.75) is 51.5 Å². The molecule has 0 aliphatic carbocycles. The molecule has 1 rings (SSSR count). The summed E-state index contributed by atoms with van der Waals surface area (Å²) in [6, 6.07) is 0.898. The largest absolute Gasteiger partial charge is 0.320 e. The van der Waals surface area contributed by atoms with E-state index in [1.165, 1.54) is 58.2 Å². The van der Waals surface area contributed by atoms with Gasteiger partial charge in [-0.05, 0) is 58.8 Å². The third kappa shape index (κ3) is 3.97. The fourth-order valence-corrected chi connectivity index (χ4v) is 2.39. The molecule has 1 aliphatic rings. The SMILES string of the molecule is CCCCN1CCC[C@@H]1CCCNC. The summed E-state index contributed by atoms with van der Waals surface area (Å²) in [5.41, 5.74) is 0. The number of likely N-dealkylation sites (tertiary alicyclic amines) is 1. The molecule has 0 aromatic carbocycles. The highest BCUT2D eigenvalue weighted by atomic mass is 15.2. The molecule has 1 N–H and O–H groups in total. The van der Waals surface area contributed by atoms with Gasteiger partial charge in [0.15, 0.2) is 0 Å². The Morgan fingerprint density at radius 1 is 1.36 bits per heavy atom. The van der Waals surface area contributed by atoms with E-state index in [0.717, 1.165) is 6.04 Å². The average Bonchev–Trinajstić information content (AvgIpc) is 2.63. The third-order valence-electron chi connectivity index (χ3n) is 3.26. The van der Waals surface area contributed by atoms with Gasteiger partial charge < -0.3 is 10.2 Å². The van der Waals surface area contributed by atoms with E-state index < -0.39 is 0 Å². The number of rotatable bonds is 7. The van der Waals surface area contributed by atoms with E-state index in [1.807, 2.05) is 7.05 Å². The van der Waals surface area contributed by atoms with Gasteiger partial charge in [-0.2, -0.15) is 0 Å². The molecule has 14 heavy (non-hydrogen) atoms. The Kier molecular flexibility index (Phi) is 6.20. The Balaban J connectivity index is 2.14. The van der Waals surface area contributed by atoms with Crippen LogP contribution in [0.25, 0.3) is 0 Å². The smallest absolute Gasteiger partial charge is 0.00962 e. The minimum absolute atomic E-state index is 0.898. The quantitative estimate of drug-likeness (QED) is 0.631. The third-order valence-corrected chi connectivity index (χ3v) is 3.26. The number of hydrogen-bond acceptors (Lipinski definition) is 2. The zero-order valence-electron chi connectivity index (χ0n) is 9.89. The van der Waals surface area contributed by atoms with Crippen LogP contribution in [0.1, 0.15) is 45.4 Å². The van der Waals surface area contributed by atoms with E-state index in [1.54, 1.807) is 0 Å². The van der Waals surface area contributed by atoms with Crippen molar-refractivity contribution in [3.63, 3.8) is 0 Å². The maximum atomic E-state index is 3.23. The van der Waals surface area contributed by atoms with Crippen molar-refractivity contribution in [3.8, 4) is 0 Å². The van der Waals surface area contributed by atoms with Crippen LogP contribution in [0.4, 0.5) is 0 Å². The Bertz CT molecular complexity index is 136. The summed E-state index contributed by atoms with van der Waals surface area (Å²) >= 11 is 0. The molecular formula is C12H26N2. The van der Waals surface area contributed by atoms with Crippen LogP contribution in [0.3, 0.4) is 0 Å². The highest BCUT2D eigenvalue weighted by Crippen LogP contribution is 2.21. The van der Waals surface area contributed by atoms with Crippen LogP contribution in [-0.4, -0.2) is 37.6 Å². The minimum Gasteiger partial charge on any atom is -0.320 e. The van der Waals surface area contributed by atoms with E-state index in [-0.39, 0.29) is 0 Å². The molecule has 1 fully saturated rings. The molecule has 0 aromatic heterocycles. The van der Waals surface area contributed by atoms with Gasteiger partial charge in [-0.25, -0.2) is 0 Å². The van der Waals surface area contributed by atoms with Gasteiger partial charge >= 0.3 is 0 Å². The summed E-state index contributed by atoms with van der Waals surface area (Å²) in [5.74, 6) is 0. The first-order valence-electron chi connectivity index (χ1n) is 6.27. The van der Waals surface area contributed by atoms with Crippen molar-refractivity contribution in [1.29, 1.82) is 0 Å². The van der Waals surface area contributed by atoms with Gasteiger partial charge in [0.05, 0.1) is 0 Å². The fourth-order valence-electron chi connectivity index (χ4n) is 2.39. The van der Waals surface area contributed by atoms with E-state index in [9.17, 15) is 0 Å². The van der Waals surface area contributed by atoms with Gasteiger partial charge in [0.2, 0.25) is 0 Å². The summed E-state index contributed by atoms with van der Waals surface area (Å²) < 4.78 is 0. The molecule has 0 saturated carbocycles. The lowest BCUT2D eigenvalue weighted by Gasteiger charge is -2.24. The molecule has 2 heteroatoms. The van der Waals surface area contributed by atoms with Gasteiger partial charge in [-0.3, -0.25) is 0 Å². The van der Waals surface area contributed by atoms with Crippen LogP contribution in [0.15, 0.2) is 0 Å². The highest BCUT2D eigenvalue weighted by molar-refractivity contribution is 4.78. The number of hydrogen-bond donors (Lipinski definition) is 1. The molecule has 84 valence electrons. The predicted octanol–water partition coefficient (Wildman–Crippen LogP) is 2.25. The normalized spacial score (nSPS) is 23.1. The zero-order valence-corrected chi connectivity index (χ0v) is 9.89. The molecule has 0 amide bonds.